The zero-order valence-corrected chi connectivity index (χ0v) is 9.70. The Morgan fingerprint density at radius 1 is 1.44 bits per heavy atom. The maximum atomic E-state index is 11.7. The lowest BCUT2D eigenvalue weighted by Crippen LogP contribution is -2.40. The van der Waals surface area contributed by atoms with E-state index in [0.29, 0.717) is 11.4 Å². The van der Waals surface area contributed by atoms with Crippen molar-refractivity contribution >= 4 is 17.3 Å². The van der Waals surface area contributed by atoms with Gasteiger partial charge in [-0.2, -0.15) is 0 Å². The smallest absolute Gasteiger partial charge is 0.265 e. The fourth-order valence-electron chi connectivity index (χ4n) is 1.87. The molecule has 1 amide bonds. The summed E-state index contributed by atoms with van der Waals surface area (Å²) in [6.07, 6.45) is -0.421. The molecule has 4 heteroatoms. The van der Waals surface area contributed by atoms with Crippen LogP contribution in [0.1, 0.15) is 19.4 Å². The molecule has 1 aliphatic rings. The fourth-order valence-corrected chi connectivity index (χ4v) is 1.87. The molecule has 4 nitrogen and oxygen atoms in total. The number of ether oxygens (including phenoxy) is 1. The first-order valence-corrected chi connectivity index (χ1v) is 5.36. The molecule has 86 valence electrons. The van der Waals surface area contributed by atoms with Gasteiger partial charge in [-0.25, -0.2) is 0 Å². The van der Waals surface area contributed by atoms with Crippen LogP contribution in [0.4, 0.5) is 11.4 Å². The Balaban J connectivity index is 2.43. The summed E-state index contributed by atoms with van der Waals surface area (Å²) >= 11 is 0. The van der Waals surface area contributed by atoms with Gasteiger partial charge in [0.2, 0.25) is 0 Å². The molecule has 1 aliphatic heterocycles. The van der Waals surface area contributed by atoms with Gasteiger partial charge in [0.15, 0.2) is 6.10 Å². The molecular formula is C12H16N2O2. The van der Waals surface area contributed by atoms with E-state index in [1.165, 1.54) is 0 Å². The van der Waals surface area contributed by atoms with Gasteiger partial charge in [0, 0.05) is 5.69 Å². The number of hydrogen-bond donors (Lipinski definition) is 2. The first-order chi connectivity index (χ1) is 7.49. The van der Waals surface area contributed by atoms with Crippen LogP contribution in [-0.4, -0.2) is 12.0 Å². The van der Waals surface area contributed by atoms with Crippen LogP contribution in [-0.2, 0) is 4.79 Å². The molecular weight excluding hydrogens is 204 g/mol. The summed E-state index contributed by atoms with van der Waals surface area (Å²) < 4.78 is 5.72. The molecule has 3 N–H and O–H groups in total. The van der Waals surface area contributed by atoms with E-state index in [9.17, 15) is 4.79 Å². The van der Waals surface area contributed by atoms with Crippen LogP contribution in [0.5, 0.6) is 5.75 Å². The molecule has 0 saturated heterocycles. The number of carbonyl (C=O) groups excluding carboxylic acids is 1. The monoisotopic (exact) mass is 220 g/mol. The highest BCUT2D eigenvalue weighted by atomic mass is 16.5. The normalized spacial score (nSPS) is 19.0. The number of nitrogen functional groups attached to an aromatic ring is 1. The number of anilines is 2. The van der Waals surface area contributed by atoms with Gasteiger partial charge >= 0.3 is 0 Å². The minimum absolute atomic E-state index is 0.104. The van der Waals surface area contributed by atoms with Gasteiger partial charge in [-0.1, -0.05) is 13.8 Å². The number of amides is 1. The number of rotatable bonds is 1. The highest BCUT2D eigenvalue weighted by molar-refractivity contribution is 5.98. The lowest BCUT2D eigenvalue weighted by Gasteiger charge is -2.29. The van der Waals surface area contributed by atoms with Crippen LogP contribution in [0, 0.1) is 12.8 Å². The molecule has 1 heterocycles. The first-order valence-electron chi connectivity index (χ1n) is 5.36. The molecule has 0 aliphatic carbocycles. The molecule has 0 aromatic heterocycles. The second-order valence-electron chi connectivity index (χ2n) is 4.49. The Labute approximate surface area is 94.8 Å². The summed E-state index contributed by atoms with van der Waals surface area (Å²) in [6, 6.07) is 3.56. The number of nitrogens with one attached hydrogen (secondary N) is 1. The summed E-state index contributed by atoms with van der Waals surface area (Å²) in [5.41, 5.74) is 7.95. The quantitative estimate of drug-likeness (QED) is 0.711. The third-order valence-corrected chi connectivity index (χ3v) is 2.66. The first kappa shape index (κ1) is 10.8. The Morgan fingerprint density at radius 3 is 2.75 bits per heavy atom. The number of fused-ring (bicyclic) bond motifs is 1. The summed E-state index contributed by atoms with van der Waals surface area (Å²) in [5.74, 6) is 0.769. The van der Waals surface area contributed by atoms with Gasteiger partial charge in [-0.3, -0.25) is 4.79 Å². The third kappa shape index (κ3) is 1.71. The summed E-state index contributed by atoms with van der Waals surface area (Å²) in [6.45, 7) is 5.84. The SMILES string of the molecule is Cc1cc(N)cc2c1OC(C(C)C)C(=O)N2. The van der Waals surface area contributed by atoms with Crippen LogP contribution in [0.25, 0.3) is 0 Å². The van der Waals surface area contributed by atoms with E-state index < -0.39 is 6.10 Å². The van der Waals surface area contributed by atoms with Gasteiger partial charge in [0.25, 0.3) is 5.91 Å². The third-order valence-electron chi connectivity index (χ3n) is 2.66. The number of aryl methyl sites for hydroxylation is 1. The molecule has 0 radical (unpaired) electrons. The van der Waals surface area contributed by atoms with Gasteiger partial charge in [-0.05, 0) is 30.5 Å². The maximum Gasteiger partial charge on any atom is 0.265 e. The highest BCUT2D eigenvalue weighted by Crippen LogP contribution is 2.36. The van der Waals surface area contributed by atoms with Crippen molar-refractivity contribution in [3.05, 3.63) is 17.7 Å². The van der Waals surface area contributed by atoms with Crippen molar-refractivity contribution in [3.8, 4) is 5.75 Å². The van der Waals surface area contributed by atoms with E-state index in [4.69, 9.17) is 10.5 Å². The standard InChI is InChI=1S/C12H16N2O2/c1-6(2)10-12(15)14-9-5-8(13)4-7(3)11(9)16-10/h4-6,10H,13H2,1-3H3,(H,14,15). The topological polar surface area (TPSA) is 64.3 Å². The van der Waals surface area contributed by atoms with Crippen LogP contribution in [0.15, 0.2) is 12.1 Å². The zero-order valence-electron chi connectivity index (χ0n) is 9.70. The van der Waals surface area contributed by atoms with Crippen LogP contribution >= 0.6 is 0 Å². The number of hydrogen-bond acceptors (Lipinski definition) is 3. The van der Waals surface area contributed by atoms with E-state index in [1.807, 2.05) is 26.8 Å². The molecule has 2 rings (SSSR count). The molecule has 1 aromatic rings. The van der Waals surface area contributed by atoms with E-state index in [0.717, 1.165) is 11.3 Å². The second kappa shape index (κ2) is 3.70. The number of benzene rings is 1. The van der Waals surface area contributed by atoms with Crippen molar-refractivity contribution in [2.24, 2.45) is 5.92 Å². The zero-order chi connectivity index (χ0) is 11.9. The lowest BCUT2D eigenvalue weighted by molar-refractivity contribution is -0.125. The molecule has 16 heavy (non-hydrogen) atoms. The van der Waals surface area contributed by atoms with Gasteiger partial charge < -0.3 is 15.8 Å². The van der Waals surface area contributed by atoms with Crippen molar-refractivity contribution in [2.75, 3.05) is 11.1 Å². The van der Waals surface area contributed by atoms with Crippen LogP contribution in [0.2, 0.25) is 0 Å². The molecule has 1 unspecified atom stereocenters. The Kier molecular flexibility index (Phi) is 2.50. The van der Waals surface area contributed by atoms with Crippen LogP contribution < -0.4 is 15.8 Å². The predicted molar refractivity (Wildman–Crippen MR) is 63.5 cm³/mol. The van der Waals surface area contributed by atoms with Crippen molar-refractivity contribution < 1.29 is 9.53 Å². The minimum atomic E-state index is -0.421. The van der Waals surface area contributed by atoms with E-state index in [2.05, 4.69) is 5.32 Å². The maximum absolute atomic E-state index is 11.7. The van der Waals surface area contributed by atoms with Crippen molar-refractivity contribution in [1.29, 1.82) is 0 Å². The Bertz CT molecular complexity index is 441. The fraction of sp³-hybridized carbons (Fsp3) is 0.417. The van der Waals surface area contributed by atoms with E-state index in [1.54, 1.807) is 6.07 Å². The largest absolute Gasteiger partial charge is 0.478 e. The van der Waals surface area contributed by atoms with Crippen LogP contribution in [0.3, 0.4) is 0 Å². The average Bonchev–Trinajstić information content (AvgIpc) is 2.15. The average molecular weight is 220 g/mol. The molecule has 0 spiro atoms. The summed E-state index contributed by atoms with van der Waals surface area (Å²) in [4.78, 5) is 11.7. The number of carbonyl (C=O) groups is 1. The van der Waals surface area contributed by atoms with Crippen molar-refractivity contribution in [3.63, 3.8) is 0 Å². The minimum Gasteiger partial charge on any atom is -0.478 e. The lowest BCUT2D eigenvalue weighted by atomic mass is 10.0. The molecule has 1 atom stereocenters. The van der Waals surface area contributed by atoms with Crippen molar-refractivity contribution in [1.82, 2.24) is 0 Å². The molecule has 1 aromatic carbocycles. The van der Waals surface area contributed by atoms with Gasteiger partial charge in [0.05, 0.1) is 5.69 Å². The Hall–Kier alpha value is -1.71. The van der Waals surface area contributed by atoms with Crippen molar-refractivity contribution in [2.45, 2.75) is 26.9 Å². The molecule has 0 bridgehead atoms. The second-order valence-corrected chi connectivity index (χ2v) is 4.49. The van der Waals surface area contributed by atoms with E-state index in [-0.39, 0.29) is 11.8 Å². The van der Waals surface area contributed by atoms with Gasteiger partial charge in [0.1, 0.15) is 5.75 Å². The summed E-state index contributed by atoms with van der Waals surface area (Å²) in [5, 5.41) is 2.83. The summed E-state index contributed by atoms with van der Waals surface area (Å²) in [7, 11) is 0. The Morgan fingerprint density at radius 2 is 2.12 bits per heavy atom. The number of nitrogens with two attached hydrogens (primary N) is 1. The highest BCUT2D eigenvalue weighted by Gasteiger charge is 2.31. The molecule has 0 fully saturated rings. The van der Waals surface area contributed by atoms with E-state index >= 15 is 0 Å². The predicted octanol–water partition coefficient (Wildman–Crippen LogP) is 1.93. The van der Waals surface area contributed by atoms with Gasteiger partial charge in [-0.15, -0.1) is 0 Å². The molecule has 0 saturated carbocycles.